The Balaban J connectivity index is 2.00. The minimum absolute atomic E-state index is 0.0781. The number of fused-ring (bicyclic) bond motifs is 1. The summed E-state index contributed by atoms with van der Waals surface area (Å²) in [6, 6.07) is 9.76. The Labute approximate surface area is 161 Å². The quantitative estimate of drug-likeness (QED) is 0.846. The number of halogens is 2. The molecule has 7 heteroatoms. The number of benzene rings is 2. The molecule has 0 bridgehead atoms. The maximum absolute atomic E-state index is 16.1. The van der Waals surface area contributed by atoms with Crippen molar-refractivity contribution in [3.63, 3.8) is 0 Å². The molecule has 5 nitrogen and oxygen atoms in total. The summed E-state index contributed by atoms with van der Waals surface area (Å²) in [6.07, 6.45) is -0.898. The Morgan fingerprint density at radius 1 is 1.18 bits per heavy atom. The van der Waals surface area contributed by atoms with Gasteiger partial charge in [-0.25, -0.2) is 13.6 Å². The number of Topliss-reactive ketones (excluding diaryl/α,β-unsaturated/α-hetero) is 1. The third kappa shape index (κ3) is 3.98. The number of para-hydroxylation sites is 1. The molecule has 2 aromatic rings. The van der Waals surface area contributed by atoms with E-state index in [4.69, 9.17) is 9.47 Å². The van der Waals surface area contributed by atoms with E-state index in [-0.39, 0.29) is 16.9 Å². The zero-order valence-corrected chi connectivity index (χ0v) is 15.8. The molecular formula is C21H21F2NO4. The van der Waals surface area contributed by atoms with E-state index in [2.05, 4.69) is 5.32 Å². The third-order valence-electron chi connectivity index (χ3n) is 4.27. The van der Waals surface area contributed by atoms with E-state index in [0.29, 0.717) is 0 Å². The summed E-state index contributed by atoms with van der Waals surface area (Å²) >= 11 is 0. The molecule has 0 unspecified atom stereocenters. The number of hydrogen-bond donors (Lipinski definition) is 1. The zero-order chi connectivity index (χ0) is 20.5. The third-order valence-corrected chi connectivity index (χ3v) is 4.27. The first-order valence-corrected chi connectivity index (χ1v) is 8.81. The van der Waals surface area contributed by atoms with Crippen LogP contribution >= 0.6 is 0 Å². The maximum atomic E-state index is 16.1. The monoisotopic (exact) mass is 389 g/mol. The van der Waals surface area contributed by atoms with Crippen molar-refractivity contribution in [3.05, 3.63) is 65.5 Å². The molecule has 148 valence electrons. The molecule has 1 amide bonds. The average molecular weight is 389 g/mol. The fraction of sp³-hybridized carbons (Fsp3) is 0.333. The van der Waals surface area contributed by atoms with Crippen molar-refractivity contribution in [1.82, 2.24) is 5.32 Å². The van der Waals surface area contributed by atoms with Crippen LogP contribution in [-0.4, -0.2) is 29.8 Å². The van der Waals surface area contributed by atoms with Crippen LogP contribution in [0.15, 0.2) is 48.5 Å². The fourth-order valence-corrected chi connectivity index (χ4v) is 3.01. The molecule has 0 aliphatic carbocycles. The van der Waals surface area contributed by atoms with Crippen LogP contribution in [0.25, 0.3) is 0 Å². The molecule has 0 saturated heterocycles. The van der Waals surface area contributed by atoms with Crippen molar-refractivity contribution in [2.45, 2.75) is 38.1 Å². The summed E-state index contributed by atoms with van der Waals surface area (Å²) < 4.78 is 40.1. The first kappa shape index (κ1) is 19.8. The van der Waals surface area contributed by atoms with Crippen molar-refractivity contribution in [1.29, 1.82) is 0 Å². The van der Waals surface area contributed by atoms with Crippen molar-refractivity contribution >= 4 is 11.9 Å². The Kier molecular flexibility index (Phi) is 5.10. The lowest BCUT2D eigenvalue weighted by Crippen LogP contribution is -2.54. The van der Waals surface area contributed by atoms with Crippen molar-refractivity contribution in [2.75, 3.05) is 6.61 Å². The van der Waals surface area contributed by atoms with Gasteiger partial charge in [-0.1, -0.05) is 24.3 Å². The highest BCUT2D eigenvalue weighted by molar-refractivity contribution is 6.06. The predicted octanol–water partition coefficient (Wildman–Crippen LogP) is 4.38. The Bertz CT molecular complexity index is 892. The normalized spacial score (nSPS) is 20.0. The Morgan fingerprint density at radius 2 is 1.82 bits per heavy atom. The summed E-state index contributed by atoms with van der Waals surface area (Å²) in [6.45, 7) is 4.39. The number of carbonyl (C=O) groups is 2. The highest BCUT2D eigenvalue weighted by atomic mass is 19.1. The van der Waals surface area contributed by atoms with Gasteiger partial charge in [-0.3, -0.25) is 4.79 Å². The van der Waals surface area contributed by atoms with E-state index in [0.717, 1.165) is 12.1 Å². The second kappa shape index (κ2) is 7.22. The summed E-state index contributed by atoms with van der Waals surface area (Å²) in [5, 5.41) is 2.42. The molecular weight excluding hydrogens is 368 g/mol. The van der Waals surface area contributed by atoms with Crippen LogP contribution in [0.1, 0.15) is 42.7 Å². The molecule has 0 saturated carbocycles. The van der Waals surface area contributed by atoms with Crippen LogP contribution in [0.2, 0.25) is 0 Å². The van der Waals surface area contributed by atoms with E-state index >= 15 is 4.39 Å². The van der Waals surface area contributed by atoms with E-state index < -0.39 is 41.6 Å². The van der Waals surface area contributed by atoms with Crippen LogP contribution in [0.4, 0.5) is 13.6 Å². The van der Waals surface area contributed by atoms with E-state index in [9.17, 15) is 14.0 Å². The molecule has 1 N–H and O–H groups in total. The lowest BCUT2D eigenvalue weighted by molar-refractivity contribution is 0.0171. The number of ether oxygens (including phenoxy) is 2. The molecule has 1 aliphatic rings. The number of carbonyl (C=O) groups excluding carboxylic acids is 2. The number of alkyl halides is 1. The maximum Gasteiger partial charge on any atom is 0.408 e. The lowest BCUT2D eigenvalue weighted by atomic mass is 9.82. The minimum Gasteiger partial charge on any atom is -0.489 e. The largest absolute Gasteiger partial charge is 0.489 e. The summed E-state index contributed by atoms with van der Waals surface area (Å²) in [4.78, 5) is 25.3. The minimum atomic E-state index is -2.59. The predicted molar refractivity (Wildman–Crippen MR) is 98.6 cm³/mol. The van der Waals surface area contributed by atoms with E-state index in [1.807, 2.05) is 0 Å². The summed E-state index contributed by atoms with van der Waals surface area (Å²) in [5.41, 5.74) is -3.12. The van der Waals surface area contributed by atoms with Gasteiger partial charge in [0.15, 0.2) is 0 Å². The smallest absolute Gasteiger partial charge is 0.408 e. The number of ketones is 1. The fourth-order valence-electron chi connectivity index (χ4n) is 3.01. The molecule has 3 rings (SSSR count). The van der Waals surface area contributed by atoms with Crippen LogP contribution in [0, 0.1) is 5.82 Å². The molecule has 1 heterocycles. The number of alkyl carbamates (subject to hydrolysis) is 1. The number of nitrogens with one attached hydrogen (secondary N) is 1. The second-order valence-electron chi connectivity index (χ2n) is 7.61. The van der Waals surface area contributed by atoms with Crippen LogP contribution < -0.4 is 10.1 Å². The number of rotatable bonds is 3. The second-order valence-corrected chi connectivity index (χ2v) is 7.61. The average Bonchev–Trinajstić information content (AvgIpc) is 2.63. The molecule has 0 aromatic heterocycles. The molecule has 28 heavy (non-hydrogen) atoms. The van der Waals surface area contributed by atoms with Gasteiger partial charge < -0.3 is 14.8 Å². The highest BCUT2D eigenvalue weighted by Gasteiger charge is 2.52. The van der Waals surface area contributed by atoms with Gasteiger partial charge in [-0.15, -0.1) is 0 Å². The standard InChI is InChI=1S/C21H21F2NO4/c1-20(2,3)28-19(26)24-17(13-8-10-14(22)11-9-13)21(23)12-27-16-7-5-4-6-15(16)18(21)25/h4-11,17H,12H2,1-3H3,(H,24,26)/t17-,21-/m0/s1. The van der Waals surface area contributed by atoms with Crippen molar-refractivity contribution in [3.8, 4) is 5.75 Å². The number of hydrogen-bond acceptors (Lipinski definition) is 4. The van der Waals surface area contributed by atoms with Crippen LogP contribution in [-0.2, 0) is 4.74 Å². The van der Waals surface area contributed by atoms with Crippen LogP contribution in [0.3, 0.4) is 0 Å². The molecule has 0 spiro atoms. The van der Waals surface area contributed by atoms with Gasteiger partial charge in [-0.2, -0.15) is 0 Å². The molecule has 2 atom stereocenters. The van der Waals surface area contributed by atoms with Crippen molar-refractivity contribution < 1.29 is 27.8 Å². The lowest BCUT2D eigenvalue weighted by Gasteiger charge is -2.36. The van der Waals surface area contributed by atoms with Gasteiger partial charge in [0, 0.05) is 0 Å². The SMILES string of the molecule is CC(C)(C)OC(=O)N[C@@H](c1ccc(F)cc1)[C@@]1(F)COc2ccccc2C1=O. The first-order valence-electron chi connectivity index (χ1n) is 8.81. The van der Waals surface area contributed by atoms with Gasteiger partial charge in [0.25, 0.3) is 0 Å². The first-order chi connectivity index (χ1) is 13.1. The molecule has 2 aromatic carbocycles. The van der Waals surface area contributed by atoms with Crippen molar-refractivity contribution in [2.24, 2.45) is 0 Å². The molecule has 1 aliphatic heterocycles. The Hall–Kier alpha value is -2.96. The van der Waals surface area contributed by atoms with Gasteiger partial charge in [0.05, 0.1) is 5.56 Å². The van der Waals surface area contributed by atoms with E-state index in [1.165, 1.54) is 18.2 Å². The molecule has 0 radical (unpaired) electrons. The van der Waals surface area contributed by atoms with E-state index in [1.54, 1.807) is 39.0 Å². The summed E-state index contributed by atoms with van der Waals surface area (Å²) in [5.74, 6) is -1.07. The Morgan fingerprint density at radius 3 is 2.46 bits per heavy atom. The highest BCUT2D eigenvalue weighted by Crippen LogP contribution is 2.39. The van der Waals surface area contributed by atoms with Gasteiger partial charge in [0.1, 0.15) is 29.8 Å². The van der Waals surface area contributed by atoms with Gasteiger partial charge in [-0.05, 0) is 50.6 Å². The number of amides is 1. The summed E-state index contributed by atoms with van der Waals surface area (Å²) in [7, 11) is 0. The van der Waals surface area contributed by atoms with Crippen LogP contribution in [0.5, 0.6) is 5.75 Å². The van der Waals surface area contributed by atoms with Gasteiger partial charge in [0.2, 0.25) is 11.5 Å². The molecule has 0 fully saturated rings. The topological polar surface area (TPSA) is 64.6 Å². The van der Waals surface area contributed by atoms with Gasteiger partial charge >= 0.3 is 6.09 Å². The zero-order valence-electron chi connectivity index (χ0n) is 15.8.